The molecule has 2 aromatic rings. The van der Waals surface area contributed by atoms with E-state index in [1.165, 1.54) is 0 Å². The van der Waals surface area contributed by atoms with Crippen LogP contribution in [0.15, 0.2) is 32.5 Å². The first-order valence-corrected chi connectivity index (χ1v) is 8.94. The first kappa shape index (κ1) is 16.4. The largest absolute Gasteiger partial charge is 0.306 e. The minimum Gasteiger partial charge on any atom is -0.306 e. The summed E-state index contributed by atoms with van der Waals surface area (Å²) in [5, 5.41) is 4.12. The number of thiophene rings is 1. The molecule has 1 atom stereocenters. The van der Waals surface area contributed by atoms with Gasteiger partial charge in [-0.05, 0) is 68.6 Å². The van der Waals surface area contributed by atoms with E-state index < -0.39 is 0 Å². The summed E-state index contributed by atoms with van der Waals surface area (Å²) in [7, 11) is 0. The van der Waals surface area contributed by atoms with E-state index in [0.29, 0.717) is 9.50 Å². The summed E-state index contributed by atoms with van der Waals surface area (Å²) in [5.74, 6) is -0.257. The van der Waals surface area contributed by atoms with Gasteiger partial charge in [0.05, 0.1) is 19.3 Å². The first-order valence-electron chi connectivity index (χ1n) is 6.16. The summed E-state index contributed by atoms with van der Waals surface area (Å²) in [6.45, 7) is 2.96. The molecule has 2 rings (SSSR count). The third-order valence-electron chi connectivity index (χ3n) is 2.82. The Balaban J connectivity index is 2.38. The smallest absolute Gasteiger partial charge is 0.137 e. The molecule has 1 unspecified atom stereocenters. The Morgan fingerprint density at radius 3 is 2.65 bits per heavy atom. The molecule has 0 saturated heterocycles. The van der Waals surface area contributed by atoms with Gasteiger partial charge in [0.2, 0.25) is 0 Å². The Hall–Kier alpha value is 0.0600. The van der Waals surface area contributed by atoms with Gasteiger partial charge >= 0.3 is 0 Å². The summed E-state index contributed by atoms with van der Waals surface area (Å²) < 4.78 is 15.1. The zero-order valence-corrected chi connectivity index (χ0v) is 15.5. The monoisotopic (exact) mass is 439 g/mol. The average Bonchev–Trinajstić information content (AvgIpc) is 2.74. The average molecular weight is 442 g/mol. The second kappa shape index (κ2) is 7.36. The van der Waals surface area contributed by atoms with Crippen LogP contribution in [0.4, 0.5) is 4.39 Å². The van der Waals surface area contributed by atoms with E-state index >= 15 is 0 Å². The van der Waals surface area contributed by atoms with Gasteiger partial charge in [0.15, 0.2) is 0 Å². The fourth-order valence-corrected chi connectivity index (χ4v) is 3.97. The topological polar surface area (TPSA) is 12.0 Å². The molecule has 1 aromatic heterocycles. The molecule has 1 heterocycles. The van der Waals surface area contributed by atoms with Crippen molar-refractivity contribution in [3.63, 3.8) is 0 Å². The molecule has 1 N–H and O–H groups in total. The Morgan fingerprint density at radius 1 is 1.35 bits per heavy atom. The maximum absolute atomic E-state index is 13.8. The predicted octanol–water partition coefficient (Wildman–Crippen LogP) is 6.15. The quantitative estimate of drug-likeness (QED) is 0.586. The molecule has 0 aliphatic rings. The van der Waals surface area contributed by atoms with E-state index in [1.807, 2.05) is 12.1 Å². The molecular weight excluding hydrogens is 428 g/mol. The number of hydrogen-bond acceptors (Lipinski definition) is 2. The molecule has 0 radical (unpaired) electrons. The molecule has 0 aliphatic carbocycles. The lowest BCUT2D eigenvalue weighted by Crippen LogP contribution is -2.22. The highest BCUT2D eigenvalue weighted by atomic mass is 79.9. The summed E-state index contributed by atoms with van der Waals surface area (Å²) in [6, 6.07) is 7.08. The van der Waals surface area contributed by atoms with E-state index in [0.717, 1.165) is 27.2 Å². The van der Waals surface area contributed by atoms with Gasteiger partial charge < -0.3 is 5.32 Å². The zero-order chi connectivity index (χ0) is 14.7. The van der Waals surface area contributed by atoms with Gasteiger partial charge in [-0.15, -0.1) is 11.3 Å². The summed E-state index contributed by atoms with van der Waals surface area (Å²) in [6.07, 6.45) is 1.01. The third-order valence-corrected chi connectivity index (χ3v) is 6.01. The van der Waals surface area contributed by atoms with Crippen LogP contribution in [0.5, 0.6) is 0 Å². The van der Waals surface area contributed by atoms with Crippen molar-refractivity contribution in [3.8, 4) is 0 Å². The number of benzene rings is 1. The standard InChI is InChI=1S/C14H13Br2ClFNS/c1-2-5-19-13(12-7-10(17)14(16)20-12)8-3-4-9(15)11(18)6-8/h3-4,6-7,13,19H,2,5H2,1H3. The van der Waals surface area contributed by atoms with Crippen molar-refractivity contribution in [2.45, 2.75) is 19.4 Å². The molecule has 1 aromatic carbocycles. The highest BCUT2D eigenvalue weighted by molar-refractivity contribution is 9.11. The van der Waals surface area contributed by atoms with Gasteiger partial charge in [-0.3, -0.25) is 0 Å². The molecule has 0 bridgehead atoms. The molecule has 20 heavy (non-hydrogen) atoms. The molecule has 108 valence electrons. The maximum Gasteiger partial charge on any atom is 0.137 e. The minimum atomic E-state index is -0.257. The molecule has 0 spiro atoms. The fraction of sp³-hybridized carbons (Fsp3) is 0.286. The van der Waals surface area contributed by atoms with Gasteiger partial charge in [-0.2, -0.15) is 0 Å². The Morgan fingerprint density at radius 2 is 2.10 bits per heavy atom. The summed E-state index contributed by atoms with van der Waals surface area (Å²) >= 11 is 14.3. The minimum absolute atomic E-state index is 0.0497. The van der Waals surface area contributed by atoms with Crippen LogP contribution in [0.3, 0.4) is 0 Å². The Bertz CT molecular complexity index is 583. The lowest BCUT2D eigenvalue weighted by molar-refractivity contribution is 0.588. The van der Waals surface area contributed by atoms with E-state index in [4.69, 9.17) is 11.6 Å². The van der Waals surface area contributed by atoms with E-state index in [-0.39, 0.29) is 11.9 Å². The summed E-state index contributed by atoms with van der Waals surface area (Å²) in [4.78, 5) is 1.07. The number of halogens is 4. The van der Waals surface area contributed by atoms with Gasteiger partial charge in [-0.1, -0.05) is 24.6 Å². The third kappa shape index (κ3) is 3.83. The van der Waals surface area contributed by atoms with Crippen molar-refractivity contribution < 1.29 is 4.39 Å². The number of hydrogen-bond donors (Lipinski definition) is 1. The van der Waals surface area contributed by atoms with E-state index in [9.17, 15) is 4.39 Å². The van der Waals surface area contributed by atoms with Crippen molar-refractivity contribution in [2.75, 3.05) is 6.54 Å². The number of rotatable bonds is 5. The second-order valence-electron chi connectivity index (χ2n) is 4.33. The van der Waals surface area contributed by atoms with Crippen LogP contribution in [0.2, 0.25) is 5.02 Å². The summed E-state index contributed by atoms with van der Waals surface area (Å²) in [5.41, 5.74) is 0.893. The van der Waals surface area contributed by atoms with Crippen LogP contribution in [0.25, 0.3) is 0 Å². The van der Waals surface area contributed by atoms with Crippen molar-refractivity contribution in [1.29, 1.82) is 0 Å². The molecule has 0 aliphatic heterocycles. The SMILES string of the molecule is CCCNC(c1ccc(Br)c(F)c1)c1cc(Cl)c(Br)s1. The fourth-order valence-electron chi connectivity index (χ4n) is 1.87. The number of nitrogens with one attached hydrogen (secondary N) is 1. The van der Waals surface area contributed by atoms with Crippen molar-refractivity contribution in [2.24, 2.45) is 0 Å². The highest BCUT2D eigenvalue weighted by Crippen LogP contribution is 2.37. The molecule has 0 saturated carbocycles. The van der Waals surface area contributed by atoms with Crippen molar-refractivity contribution in [1.82, 2.24) is 5.32 Å². The van der Waals surface area contributed by atoms with Crippen LogP contribution >= 0.6 is 54.8 Å². The highest BCUT2D eigenvalue weighted by Gasteiger charge is 2.18. The Kier molecular flexibility index (Phi) is 6.05. The molecule has 6 heteroatoms. The van der Waals surface area contributed by atoms with E-state index in [2.05, 4.69) is 44.1 Å². The molecular formula is C14H13Br2ClFNS. The van der Waals surface area contributed by atoms with Crippen LogP contribution < -0.4 is 5.32 Å². The zero-order valence-electron chi connectivity index (χ0n) is 10.7. The van der Waals surface area contributed by atoms with Crippen LogP contribution in [0, 0.1) is 5.82 Å². The maximum atomic E-state index is 13.8. The van der Waals surface area contributed by atoms with Crippen LogP contribution in [0.1, 0.15) is 29.8 Å². The lowest BCUT2D eigenvalue weighted by Gasteiger charge is -2.18. The van der Waals surface area contributed by atoms with Crippen LogP contribution in [-0.2, 0) is 0 Å². The van der Waals surface area contributed by atoms with E-state index in [1.54, 1.807) is 23.5 Å². The Labute approximate surface area is 143 Å². The van der Waals surface area contributed by atoms with Gasteiger partial charge in [0, 0.05) is 4.88 Å². The van der Waals surface area contributed by atoms with Gasteiger partial charge in [0.25, 0.3) is 0 Å². The lowest BCUT2D eigenvalue weighted by atomic mass is 10.1. The molecule has 1 nitrogen and oxygen atoms in total. The second-order valence-corrected chi connectivity index (χ2v) is 7.99. The normalized spacial score (nSPS) is 12.7. The van der Waals surface area contributed by atoms with Crippen molar-refractivity contribution in [3.05, 3.63) is 53.8 Å². The van der Waals surface area contributed by atoms with Gasteiger partial charge in [-0.25, -0.2) is 4.39 Å². The predicted molar refractivity (Wildman–Crippen MR) is 91.3 cm³/mol. The van der Waals surface area contributed by atoms with Crippen molar-refractivity contribution >= 4 is 54.8 Å². The first-order chi connectivity index (χ1) is 9.52. The van der Waals surface area contributed by atoms with Crippen LogP contribution in [-0.4, -0.2) is 6.54 Å². The molecule has 0 fully saturated rings. The van der Waals surface area contributed by atoms with Gasteiger partial charge in [0.1, 0.15) is 5.82 Å². The molecule has 0 amide bonds.